The van der Waals surface area contributed by atoms with Gasteiger partial charge in [0.1, 0.15) is 11.6 Å². The second-order valence-electron chi connectivity index (χ2n) is 4.18. The van der Waals surface area contributed by atoms with Gasteiger partial charge in [-0.3, -0.25) is 0 Å². The van der Waals surface area contributed by atoms with E-state index >= 15 is 0 Å². The van der Waals surface area contributed by atoms with E-state index in [2.05, 4.69) is 21.2 Å². The largest absolute Gasteiger partial charge is 0.382 e. The van der Waals surface area contributed by atoms with Crippen LogP contribution in [-0.4, -0.2) is 19.8 Å². The fraction of sp³-hybridized carbons (Fsp3) is 0.500. The smallest absolute Gasteiger partial charge is 0.147 e. The van der Waals surface area contributed by atoms with Gasteiger partial charge in [0.2, 0.25) is 0 Å². The van der Waals surface area contributed by atoms with Crippen LogP contribution < -0.4 is 5.32 Å². The monoisotopic (exact) mass is 305 g/mol. The van der Waals surface area contributed by atoms with E-state index < -0.39 is 11.6 Å². The lowest BCUT2D eigenvalue weighted by molar-refractivity contribution is 0.0699. The summed E-state index contributed by atoms with van der Waals surface area (Å²) in [5.74, 6) is -0.430. The average molecular weight is 306 g/mol. The Kier molecular flexibility index (Phi) is 4.34. The van der Waals surface area contributed by atoms with Crippen molar-refractivity contribution in [3.8, 4) is 0 Å². The Morgan fingerprint density at radius 2 is 1.94 bits per heavy atom. The summed E-state index contributed by atoms with van der Waals surface area (Å²) in [5.41, 5.74) is 0.220. The minimum absolute atomic E-state index is 0.145. The molecular formula is C12H14BrF2NO. The van der Waals surface area contributed by atoms with Gasteiger partial charge in [-0.05, 0) is 40.8 Å². The summed E-state index contributed by atoms with van der Waals surface area (Å²) in [6.07, 6.45) is 1.93. The lowest BCUT2D eigenvalue weighted by Gasteiger charge is -2.22. The lowest BCUT2D eigenvalue weighted by atomic mass is 10.0. The van der Waals surface area contributed by atoms with Gasteiger partial charge in [-0.25, -0.2) is 8.78 Å². The molecule has 1 aliphatic heterocycles. The zero-order valence-corrected chi connectivity index (χ0v) is 10.9. The molecule has 94 valence electrons. The van der Waals surface area contributed by atoms with Crippen LogP contribution in [-0.2, 0) is 4.74 Å². The van der Waals surface area contributed by atoms with Crippen molar-refractivity contribution in [2.45, 2.75) is 12.8 Å². The summed E-state index contributed by atoms with van der Waals surface area (Å²) in [7, 11) is 0. The molecule has 1 fully saturated rings. The minimum Gasteiger partial charge on any atom is -0.382 e. The van der Waals surface area contributed by atoms with E-state index in [-0.39, 0.29) is 10.2 Å². The normalized spacial score (nSPS) is 17.1. The van der Waals surface area contributed by atoms with Gasteiger partial charge in [0, 0.05) is 25.8 Å². The Hall–Kier alpha value is -0.680. The summed E-state index contributed by atoms with van der Waals surface area (Å²) in [6, 6.07) is 2.32. The molecule has 1 aromatic rings. The van der Waals surface area contributed by atoms with Gasteiger partial charge < -0.3 is 10.1 Å². The second-order valence-corrected chi connectivity index (χ2v) is 5.04. The maximum atomic E-state index is 13.5. The highest BCUT2D eigenvalue weighted by molar-refractivity contribution is 9.10. The van der Waals surface area contributed by atoms with Crippen LogP contribution in [0.1, 0.15) is 12.8 Å². The molecular weight excluding hydrogens is 292 g/mol. The molecule has 2 rings (SSSR count). The number of halogens is 3. The molecule has 1 N–H and O–H groups in total. The van der Waals surface area contributed by atoms with Crippen LogP contribution in [0.2, 0.25) is 0 Å². The summed E-state index contributed by atoms with van der Waals surface area (Å²) in [5, 5.41) is 2.96. The second kappa shape index (κ2) is 5.78. The van der Waals surface area contributed by atoms with E-state index in [1.807, 2.05) is 0 Å². The van der Waals surface area contributed by atoms with Crippen LogP contribution in [0.3, 0.4) is 0 Å². The summed E-state index contributed by atoms with van der Waals surface area (Å²) in [4.78, 5) is 0. The van der Waals surface area contributed by atoms with Gasteiger partial charge in [-0.1, -0.05) is 0 Å². The van der Waals surface area contributed by atoms with E-state index in [9.17, 15) is 8.78 Å². The van der Waals surface area contributed by atoms with Crippen LogP contribution in [0, 0.1) is 17.6 Å². The number of anilines is 1. The number of nitrogens with one attached hydrogen (secondary N) is 1. The molecule has 1 heterocycles. The van der Waals surface area contributed by atoms with Gasteiger partial charge in [0.25, 0.3) is 0 Å². The third-order valence-corrected chi connectivity index (χ3v) is 3.54. The molecule has 1 aromatic carbocycles. The zero-order valence-electron chi connectivity index (χ0n) is 9.31. The highest BCUT2D eigenvalue weighted by Gasteiger charge is 2.15. The molecule has 0 aromatic heterocycles. The first kappa shape index (κ1) is 12.8. The SMILES string of the molecule is Fc1cc(NCC2CCOCC2)c(F)cc1Br. The summed E-state index contributed by atoms with van der Waals surface area (Å²) < 4.78 is 32.1. The molecule has 0 bridgehead atoms. The van der Waals surface area contributed by atoms with Gasteiger partial charge in [-0.2, -0.15) is 0 Å². The summed E-state index contributed by atoms with van der Waals surface area (Å²) in [6.45, 7) is 2.16. The maximum absolute atomic E-state index is 13.5. The third kappa shape index (κ3) is 3.39. The molecule has 17 heavy (non-hydrogen) atoms. The molecule has 0 spiro atoms. The van der Waals surface area contributed by atoms with Gasteiger partial charge in [0.05, 0.1) is 10.2 Å². The fourth-order valence-electron chi connectivity index (χ4n) is 1.86. The molecule has 1 saturated heterocycles. The standard InChI is InChI=1S/C12H14BrF2NO/c13-9-5-11(15)12(6-10(9)14)16-7-8-1-3-17-4-2-8/h5-6,8,16H,1-4,7H2. The molecule has 0 atom stereocenters. The van der Waals surface area contributed by atoms with Gasteiger partial charge in [-0.15, -0.1) is 0 Å². The van der Waals surface area contributed by atoms with Crippen molar-refractivity contribution < 1.29 is 13.5 Å². The number of ether oxygens (including phenoxy) is 1. The van der Waals surface area contributed by atoms with Crippen molar-refractivity contribution in [2.24, 2.45) is 5.92 Å². The van der Waals surface area contributed by atoms with Crippen molar-refractivity contribution in [3.63, 3.8) is 0 Å². The first-order valence-electron chi connectivity index (χ1n) is 5.63. The Morgan fingerprint density at radius 3 is 2.65 bits per heavy atom. The van der Waals surface area contributed by atoms with E-state index in [0.29, 0.717) is 12.5 Å². The average Bonchev–Trinajstić information content (AvgIpc) is 2.33. The number of rotatable bonds is 3. The van der Waals surface area contributed by atoms with Crippen molar-refractivity contribution in [3.05, 3.63) is 28.2 Å². The predicted molar refractivity (Wildman–Crippen MR) is 66.1 cm³/mol. The molecule has 2 nitrogen and oxygen atoms in total. The molecule has 0 radical (unpaired) electrons. The van der Waals surface area contributed by atoms with Crippen molar-refractivity contribution >= 4 is 21.6 Å². The Balaban J connectivity index is 1.96. The van der Waals surface area contributed by atoms with Crippen molar-refractivity contribution in [1.29, 1.82) is 0 Å². The van der Waals surface area contributed by atoms with Crippen molar-refractivity contribution in [1.82, 2.24) is 0 Å². The number of benzene rings is 1. The zero-order chi connectivity index (χ0) is 12.3. The molecule has 0 saturated carbocycles. The molecule has 0 amide bonds. The van der Waals surface area contributed by atoms with Crippen LogP contribution in [0.4, 0.5) is 14.5 Å². The minimum atomic E-state index is -0.458. The van der Waals surface area contributed by atoms with Gasteiger partial charge in [0.15, 0.2) is 0 Å². The molecule has 0 aliphatic carbocycles. The Morgan fingerprint density at radius 1 is 1.24 bits per heavy atom. The fourth-order valence-corrected chi connectivity index (χ4v) is 2.18. The maximum Gasteiger partial charge on any atom is 0.147 e. The number of hydrogen-bond donors (Lipinski definition) is 1. The predicted octanol–water partition coefficient (Wildman–Crippen LogP) is 3.57. The first-order valence-corrected chi connectivity index (χ1v) is 6.42. The molecule has 5 heteroatoms. The van der Waals surface area contributed by atoms with Crippen LogP contribution in [0.25, 0.3) is 0 Å². The van der Waals surface area contributed by atoms with E-state index in [0.717, 1.165) is 32.1 Å². The topological polar surface area (TPSA) is 21.3 Å². The Labute approximate surface area is 107 Å². The van der Waals surface area contributed by atoms with Crippen LogP contribution in [0.5, 0.6) is 0 Å². The van der Waals surface area contributed by atoms with Crippen LogP contribution in [0.15, 0.2) is 16.6 Å². The molecule has 0 unspecified atom stereocenters. The quantitative estimate of drug-likeness (QED) is 0.862. The van der Waals surface area contributed by atoms with Gasteiger partial charge >= 0.3 is 0 Å². The lowest BCUT2D eigenvalue weighted by Crippen LogP contribution is -2.23. The summed E-state index contributed by atoms with van der Waals surface area (Å²) >= 11 is 2.95. The van der Waals surface area contributed by atoms with E-state index in [1.165, 1.54) is 6.07 Å². The van der Waals surface area contributed by atoms with E-state index in [4.69, 9.17) is 4.74 Å². The highest BCUT2D eigenvalue weighted by Crippen LogP contribution is 2.24. The first-order chi connectivity index (χ1) is 8.16. The number of hydrogen-bond acceptors (Lipinski definition) is 2. The van der Waals surface area contributed by atoms with Crippen molar-refractivity contribution in [2.75, 3.05) is 25.1 Å². The third-order valence-electron chi connectivity index (χ3n) is 2.93. The van der Waals surface area contributed by atoms with Crippen LogP contribution >= 0.6 is 15.9 Å². The Bertz CT molecular complexity index is 394. The van der Waals surface area contributed by atoms with E-state index in [1.54, 1.807) is 0 Å². The highest BCUT2D eigenvalue weighted by atomic mass is 79.9. The molecule has 1 aliphatic rings.